The number of rotatable bonds is 4. The molecule has 0 rings (SSSR count). The van der Waals surface area contributed by atoms with Crippen molar-refractivity contribution >= 4 is 0 Å². The number of nitrogens with one attached hydrogen (secondary N) is 1. The Balaban J connectivity index is 3.82. The lowest BCUT2D eigenvalue weighted by Crippen LogP contribution is -2.21. The summed E-state index contributed by atoms with van der Waals surface area (Å²) in [4.78, 5) is 0. The van der Waals surface area contributed by atoms with Gasteiger partial charge in [-0.2, -0.15) is 0 Å². The standard InChI is InChI=1S/C9H17N/c1-5-7-9(6-2)10-8(3)4/h5,7-8,10H,1,6H2,2-4H3/b9-7-. The van der Waals surface area contributed by atoms with Crippen LogP contribution < -0.4 is 5.32 Å². The molecule has 0 fully saturated rings. The van der Waals surface area contributed by atoms with E-state index in [1.165, 1.54) is 5.70 Å². The molecule has 58 valence electrons. The molecule has 0 aliphatic heterocycles. The maximum atomic E-state index is 3.64. The average Bonchev–Trinajstić information content (AvgIpc) is 1.86. The molecule has 0 atom stereocenters. The molecule has 0 unspecified atom stereocenters. The van der Waals surface area contributed by atoms with E-state index in [1.54, 1.807) is 0 Å². The van der Waals surface area contributed by atoms with Crippen LogP contribution in [0.3, 0.4) is 0 Å². The lowest BCUT2D eigenvalue weighted by atomic mass is 10.3. The molecule has 0 aliphatic rings. The molecule has 10 heavy (non-hydrogen) atoms. The minimum Gasteiger partial charge on any atom is -0.386 e. The Morgan fingerprint density at radius 3 is 2.50 bits per heavy atom. The predicted octanol–water partition coefficient (Wildman–Crippen LogP) is 2.46. The highest BCUT2D eigenvalue weighted by Crippen LogP contribution is 1.96. The van der Waals surface area contributed by atoms with Crippen LogP contribution in [0.1, 0.15) is 27.2 Å². The van der Waals surface area contributed by atoms with Crippen molar-refractivity contribution in [1.82, 2.24) is 5.32 Å². The molecule has 0 bridgehead atoms. The maximum absolute atomic E-state index is 3.64. The Labute approximate surface area is 63.8 Å². The first kappa shape index (κ1) is 9.28. The van der Waals surface area contributed by atoms with Gasteiger partial charge in [0.15, 0.2) is 0 Å². The Kier molecular flexibility index (Phi) is 4.73. The van der Waals surface area contributed by atoms with Gasteiger partial charge in [0.2, 0.25) is 0 Å². The van der Waals surface area contributed by atoms with E-state index in [4.69, 9.17) is 0 Å². The van der Waals surface area contributed by atoms with Gasteiger partial charge in [0.25, 0.3) is 0 Å². The highest BCUT2D eigenvalue weighted by molar-refractivity contribution is 5.08. The summed E-state index contributed by atoms with van der Waals surface area (Å²) < 4.78 is 0. The summed E-state index contributed by atoms with van der Waals surface area (Å²) in [6.07, 6.45) is 4.87. The maximum Gasteiger partial charge on any atom is 0.0201 e. The van der Waals surface area contributed by atoms with Gasteiger partial charge in [-0.05, 0) is 26.3 Å². The van der Waals surface area contributed by atoms with Crippen LogP contribution in [0.25, 0.3) is 0 Å². The van der Waals surface area contributed by atoms with Crippen molar-refractivity contribution in [2.24, 2.45) is 0 Å². The number of allylic oxidation sites excluding steroid dienone is 3. The van der Waals surface area contributed by atoms with Crippen LogP contribution in [0.2, 0.25) is 0 Å². The van der Waals surface area contributed by atoms with Gasteiger partial charge in [-0.1, -0.05) is 19.6 Å². The van der Waals surface area contributed by atoms with Gasteiger partial charge in [-0.15, -0.1) is 0 Å². The molecule has 1 nitrogen and oxygen atoms in total. The summed E-state index contributed by atoms with van der Waals surface area (Å²) >= 11 is 0. The van der Waals surface area contributed by atoms with E-state index < -0.39 is 0 Å². The van der Waals surface area contributed by atoms with Gasteiger partial charge in [0.05, 0.1) is 0 Å². The fourth-order valence-corrected chi connectivity index (χ4v) is 0.781. The minimum atomic E-state index is 0.520. The zero-order chi connectivity index (χ0) is 7.98. The molecule has 0 aromatic rings. The monoisotopic (exact) mass is 139 g/mol. The molecule has 0 amide bonds. The zero-order valence-electron chi connectivity index (χ0n) is 7.15. The van der Waals surface area contributed by atoms with E-state index in [9.17, 15) is 0 Å². The smallest absolute Gasteiger partial charge is 0.0201 e. The highest BCUT2D eigenvalue weighted by Gasteiger charge is 1.93. The van der Waals surface area contributed by atoms with E-state index in [-0.39, 0.29) is 0 Å². The van der Waals surface area contributed by atoms with Crippen molar-refractivity contribution in [1.29, 1.82) is 0 Å². The molecule has 0 saturated heterocycles. The second-order valence-electron chi connectivity index (χ2n) is 2.58. The molecule has 0 aliphatic carbocycles. The van der Waals surface area contributed by atoms with Gasteiger partial charge < -0.3 is 5.32 Å². The van der Waals surface area contributed by atoms with Gasteiger partial charge in [0.1, 0.15) is 0 Å². The molecular formula is C9H17N. The second kappa shape index (κ2) is 5.10. The molecule has 0 radical (unpaired) electrons. The summed E-state index contributed by atoms with van der Waals surface area (Å²) in [5.41, 5.74) is 1.25. The molecule has 0 spiro atoms. The summed E-state index contributed by atoms with van der Waals surface area (Å²) in [7, 11) is 0. The first-order chi connectivity index (χ1) is 4.70. The summed E-state index contributed by atoms with van der Waals surface area (Å²) in [6.45, 7) is 10.0. The largest absolute Gasteiger partial charge is 0.386 e. The summed E-state index contributed by atoms with van der Waals surface area (Å²) in [5, 5.41) is 3.32. The number of hydrogen-bond donors (Lipinski definition) is 1. The average molecular weight is 139 g/mol. The third-order valence-electron chi connectivity index (χ3n) is 1.17. The third-order valence-corrected chi connectivity index (χ3v) is 1.17. The summed E-state index contributed by atoms with van der Waals surface area (Å²) in [6, 6.07) is 0.520. The first-order valence-corrected chi connectivity index (χ1v) is 3.78. The van der Waals surface area contributed by atoms with Crippen LogP contribution in [0.4, 0.5) is 0 Å². The second-order valence-corrected chi connectivity index (χ2v) is 2.58. The Hall–Kier alpha value is -0.720. The quantitative estimate of drug-likeness (QED) is 0.590. The van der Waals surface area contributed by atoms with Crippen molar-refractivity contribution < 1.29 is 0 Å². The van der Waals surface area contributed by atoms with Crippen LogP contribution in [0.15, 0.2) is 24.4 Å². The van der Waals surface area contributed by atoms with E-state index in [0.29, 0.717) is 6.04 Å². The molecular weight excluding hydrogens is 122 g/mol. The van der Waals surface area contributed by atoms with E-state index >= 15 is 0 Å². The van der Waals surface area contributed by atoms with Crippen LogP contribution in [-0.4, -0.2) is 6.04 Å². The van der Waals surface area contributed by atoms with Crippen LogP contribution in [0.5, 0.6) is 0 Å². The van der Waals surface area contributed by atoms with Gasteiger partial charge in [-0.3, -0.25) is 0 Å². The van der Waals surface area contributed by atoms with Crippen LogP contribution >= 0.6 is 0 Å². The molecule has 0 aromatic carbocycles. The number of hydrogen-bond acceptors (Lipinski definition) is 1. The van der Waals surface area contributed by atoms with Gasteiger partial charge in [-0.25, -0.2) is 0 Å². The van der Waals surface area contributed by atoms with Crippen molar-refractivity contribution in [3.63, 3.8) is 0 Å². The molecule has 0 heterocycles. The van der Waals surface area contributed by atoms with Crippen LogP contribution in [-0.2, 0) is 0 Å². The lowest BCUT2D eigenvalue weighted by molar-refractivity contribution is 0.651. The van der Waals surface area contributed by atoms with E-state index in [2.05, 4.69) is 32.7 Å². The van der Waals surface area contributed by atoms with Crippen LogP contribution in [0, 0.1) is 0 Å². The third kappa shape index (κ3) is 4.19. The fourth-order valence-electron chi connectivity index (χ4n) is 0.781. The Morgan fingerprint density at radius 1 is 1.60 bits per heavy atom. The Morgan fingerprint density at radius 2 is 2.20 bits per heavy atom. The molecule has 0 saturated carbocycles. The van der Waals surface area contributed by atoms with Crippen molar-refractivity contribution in [2.75, 3.05) is 0 Å². The molecule has 0 aromatic heterocycles. The normalized spacial score (nSPS) is 11.8. The van der Waals surface area contributed by atoms with Gasteiger partial charge >= 0.3 is 0 Å². The lowest BCUT2D eigenvalue weighted by Gasteiger charge is -2.11. The Bertz CT molecular complexity index is 123. The summed E-state index contributed by atoms with van der Waals surface area (Å²) in [5.74, 6) is 0. The van der Waals surface area contributed by atoms with E-state index in [0.717, 1.165) is 6.42 Å². The van der Waals surface area contributed by atoms with Crippen molar-refractivity contribution in [3.05, 3.63) is 24.4 Å². The first-order valence-electron chi connectivity index (χ1n) is 3.78. The fraction of sp³-hybridized carbons (Fsp3) is 0.556. The minimum absolute atomic E-state index is 0.520. The predicted molar refractivity (Wildman–Crippen MR) is 46.8 cm³/mol. The molecule has 1 heteroatoms. The van der Waals surface area contributed by atoms with Crippen molar-refractivity contribution in [3.8, 4) is 0 Å². The van der Waals surface area contributed by atoms with Gasteiger partial charge in [0, 0.05) is 11.7 Å². The van der Waals surface area contributed by atoms with Crippen molar-refractivity contribution in [2.45, 2.75) is 33.2 Å². The SMILES string of the molecule is C=C/C=C(/CC)NC(C)C. The molecule has 1 N–H and O–H groups in total. The topological polar surface area (TPSA) is 12.0 Å². The zero-order valence-corrected chi connectivity index (χ0v) is 7.15. The van der Waals surface area contributed by atoms with E-state index in [1.807, 2.05) is 12.2 Å². The highest BCUT2D eigenvalue weighted by atomic mass is 14.9.